The van der Waals surface area contributed by atoms with Crippen LogP contribution in [0.25, 0.3) is 11.4 Å². The summed E-state index contributed by atoms with van der Waals surface area (Å²) in [5.41, 5.74) is 2.04. The Morgan fingerprint density at radius 3 is 2.67 bits per heavy atom. The van der Waals surface area contributed by atoms with E-state index in [-0.39, 0.29) is 18.1 Å². The molecule has 0 saturated carbocycles. The average Bonchev–Trinajstić information content (AvgIpc) is 2.92. The monoisotopic (exact) mass is 364 g/mol. The lowest BCUT2D eigenvalue weighted by Gasteiger charge is -2.09. The summed E-state index contributed by atoms with van der Waals surface area (Å²) >= 11 is 0. The maximum absolute atomic E-state index is 13.7. The minimum Gasteiger partial charge on any atom is -0.326 e. The number of carbonyl (C=O) groups excluding carboxylic acids is 1. The molecule has 0 unspecified atom stereocenters. The predicted molar refractivity (Wildman–Crippen MR) is 102 cm³/mol. The molecule has 2 heterocycles. The van der Waals surface area contributed by atoms with E-state index in [1.165, 1.54) is 12.5 Å². The Balaban J connectivity index is 1.46. The van der Waals surface area contributed by atoms with Crippen LogP contribution in [0.4, 0.5) is 10.1 Å². The first-order valence-corrected chi connectivity index (χ1v) is 9.26. The highest BCUT2D eigenvalue weighted by molar-refractivity contribution is 5.92. The van der Waals surface area contributed by atoms with Gasteiger partial charge in [0.2, 0.25) is 5.91 Å². The topological polar surface area (TPSA) is 59.8 Å². The molecule has 1 amide bonds. The normalized spacial score (nSPS) is 13.7. The Morgan fingerprint density at radius 2 is 1.85 bits per heavy atom. The Kier molecular flexibility index (Phi) is 4.96. The van der Waals surface area contributed by atoms with Crippen LogP contribution in [0.2, 0.25) is 0 Å². The van der Waals surface area contributed by atoms with Crippen LogP contribution in [0.3, 0.4) is 0 Å². The molecule has 0 saturated heterocycles. The number of aromatic nitrogens is 3. The fourth-order valence-corrected chi connectivity index (χ4v) is 3.42. The molecule has 4 rings (SSSR count). The minimum atomic E-state index is -0.365. The lowest BCUT2D eigenvalue weighted by atomic mass is 10.1. The smallest absolute Gasteiger partial charge is 0.228 e. The summed E-state index contributed by atoms with van der Waals surface area (Å²) in [5, 5.41) is 11.5. The molecule has 138 valence electrons. The number of anilines is 1. The predicted octanol–water partition coefficient (Wildman–Crippen LogP) is 3.99. The van der Waals surface area contributed by atoms with Gasteiger partial charge in [-0.2, -0.15) is 0 Å². The summed E-state index contributed by atoms with van der Waals surface area (Å²) in [6.45, 7) is 0.943. The second-order valence-corrected chi connectivity index (χ2v) is 6.80. The van der Waals surface area contributed by atoms with E-state index < -0.39 is 0 Å². The maximum Gasteiger partial charge on any atom is 0.228 e. The van der Waals surface area contributed by atoms with Gasteiger partial charge in [0.25, 0.3) is 0 Å². The summed E-state index contributed by atoms with van der Waals surface area (Å²) in [5.74, 6) is 1.31. The maximum atomic E-state index is 13.7. The van der Waals surface area contributed by atoms with Gasteiger partial charge in [-0.25, -0.2) is 4.39 Å². The van der Waals surface area contributed by atoms with Gasteiger partial charge < -0.3 is 9.88 Å². The van der Waals surface area contributed by atoms with Gasteiger partial charge in [-0.3, -0.25) is 4.79 Å². The molecule has 2 aromatic carbocycles. The van der Waals surface area contributed by atoms with Crippen LogP contribution in [0.15, 0.2) is 48.5 Å². The van der Waals surface area contributed by atoms with Crippen LogP contribution in [-0.2, 0) is 24.2 Å². The third kappa shape index (κ3) is 3.89. The van der Waals surface area contributed by atoms with Crippen molar-refractivity contribution in [2.75, 3.05) is 5.32 Å². The number of hydrogen-bond donors (Lipinski definition) is 1. The van der Waals surface area contributed by atoms with Crippen molar-refractivity contribution in [3.8, 4) is 11.4 Å². The second kappa shape index (κ2) is 7.70. The highest BCUT2D eigenvalue weighted by Crippen LogP contribution is 2.24. The minimum absolute atomic E-state index is 0.00606. The van der Waals surface area contributed by atoms with E-state index >= 15 is 0 Å². The summed E-state index contributed by atoms with van der Waals surface area (Å²) in [6.07, 6.45) is 4.49. The number of hydrogen-bond acceptors (Lipinski definition) is 3. The number of nitrogens with one attached hydrogen (secondary N) is 1. The summed E-state index contributed by atoms with van der Waals surface area (Å²) < 4.78 is 15.9. The first-order valence-electron chi connectivity index (χ1n) is 9.26. The molecule has 1 aliphatic rings. The van der Waals surface area contributed by atoms with Crippen LogP contribution in [0.5, 0.6) is 0 Å². The van der Waals surface area contributed by atoms with Crippen molar-refractivity contribution in [1.82, 2.24) is 14.8 Å². The molecule has 1 N–H and O–H groups in total. The van der Waals surface area contributed by atoms with E-state index in [2.05, 4.69) is 20.1 Å². The number of nitrogens with zero attached hydrogens (tertiary/aromatic N) is 3. The first-order chi connectivity index (χ1) is 13.2. The molecule has 0 radical (unpaired) electrons. The highest BCUT2D eigenvalue weighted by atomic mass is 19.1. The van der Waals surface area contributed by atoms with Gasteiger partial charge in [-0.1, -0.05) is 24.6 Å². The van der Waals surface area contributed by atoms with Crippen LogP contribution in [0.1, 0.15) is 30.7 Å². The van der Waals surface area contributed by atoms with E-state index in [0.29, 0.717) is 11.3 Å². The molecule has 0 fully saturated rings. The third-order valence-electron chi connectivity index (χ3n) is 4.85. The zero-order chi connectivity index (χ0) is 18.6. The van der Waals surface area contributed by atoms with E-state index in [0.717, 1.165) is 43.0 Å². The molecule has 1 aliphatic heterocycles. The third-order valence-corrected chi connectivity index (χ3v) is 4.85. The fraction of sp³-hybridized carbons (Fsp3) is 0.286. The molecule has 0 bridgehead atoms. The molecule has 3 aromatic rings. The zero-order valence-electron chi connectivity index (χ0n) is 15.0. The van der Waals surface area contributed by atoms with Crippen LogP contribution in [-0.4, -0.2) is 20.7 Å². The van der Waals surface area contributed by atoms with Gasteiger partial charge in [-0.05, 0) is 48.7 Å². The van der Waals surface area contributed by atoms with Gasteiger partial charge in [0.1, 0.15) is 11.6 Å². The standard InChI is InChI=1S/C21H21FN4O/c22-18-7-4-3-6-16(18)14-20(27)23-17-11-9-15(10-12-17)21-25-24-19-8-2-1-5-13-26(19)21/h3-4,6-7,9-12H,1-2,5,8,13-14H2,(H,23,27). The molecule has 27 heavy (non-hydrogen) atoms. The number of halogens is 1. The van der Waals surface area contributed by atoms with Crippen molar-refractivity contribution in [1.29, 1.82) is 0 Å². The van der Waals surface area contributed by atoms with Crippen molar-refractivity contribution in [2.45, 2.75) is 38.6 Å². The SMILES string of the molecule is O=C(Cc1ccccc1F)Nc1ccc(-c2nnc3n2CCCCC3)cc1. The van der Waals surface area contributed by atoms with Crippen LogP contribution < -0.4 is 5.32 Å². The lowest BCUT2D eigenvalue weighted by Crippen LogP contribution is -2.15. The molecular formula is C21H21FN4O. The summed E-state index contributed by atoms with van der Waals surface area (Å²) in [7, 11) is 0. The summed E-state index contributed by atoms with van der Waals surface area (Å²) in [6, 6.07) is 13.9. The van der Waals surface area contributed by atoms with Gasteiger partial charge in [0.05, 0.1) is 6.42 Å². The van der Waals surface area contributed by atoms with Crippen LogP contribution in [0, 0.1) is 5.82 Å². The molecule has 5 nitrogen and oxygen atoms in total. The average molecular weight is 364 g/mol. The van der Waals surface area contributed by atoms with Crippen molar-refractivity contribution in [3.05, 3.63) is 65.7 Å². The quantitative estimate of drug-likeness (QED) is 0.761. The summed E-state index contributed by atoms with van der Waals surface area (Å²) in [4.78, 5) is 12.2. The molecular weight excluding hydrogens is 343 g/mol. The van der Waals surface area contributed by atoms with Crippen LogP contribution >= 0.6 is 0 Å². The first kappa shape index (κ1) is 17.4. The highest BCUT2D eigenvalue weighted by Gasteiger charge is 2.16. The van der Waals surface area contributed by atoms with Gasteiger partial charge >= 0.3 is 0 Å². The van der Waals surface area contributed by atoms with Crippen molar-refractivity contribution >= 4 is 11.6 Å². The number of fused-ring (bicyclic) bond motifs is 1. The zero-order valence-corrected chi connectivity index (χ0v) is 15.0. The fourth-order valence-electron chi connectivity index (χ4n) is 3.42. The molecule has 6 heteroatoms. The van der Waals surface area contributed by atoms with E-state index in [4.69, 9.17) is 0 Å². The molecule has 0 aliphatic carbocycles. The Morgan fingerprint density at radius 1 is 1.04 bits per heavy atom. The molecule has 0 atom stereocenters. The van der Waals surface area contributed by atoms with Crippen molar-refractivity contribution in [2.24, 2.45) is 0 Å². The Hall–Kier alpha value is -3.02. The van der Waals surface area contributed by atoms with Gasteiger partial charge in [0, 0.05) is 24.2 Å². The number of aryl methyl sites for hydroxylation is 1. The number of benzene rings is 2. The number of carbonyl (C=O) groups is 1. The Labute approximate surface area is 157 Å². The molecule has 0 spiro atoms. The van der Waals surface area contributed by atoms with E-state index in [9.17, 15) is 9.18 Å². The van der Waals surface area contributed by atoms with Gasteiger partial charge in [-0.15, -0.1) is 10.2 Å². The van der Waals surface area contributed by atoms with Crippen molar-refractivity contribution < 1.29 is 9.18 Å². The van der Waals surface area contributed by atoms with E-state index in [1.54, 1.807) is 18.2 Å². The molecule has 1 aromatic heterocycles. The Bertz CT molecular complexity index is 949. The lowest BCUT2D eigenvalue weighted by molar-refractivity contribution is -0.115. The second-order valence-electron chi connectivity index (χ2n) is 6.80. The number of rotatable bonds is 4. The van der Waals surface area contributed by atoms with Gasteiger partial charge in [0.15, 0.2) is 5.82 Å². The largest absolute Gasteiger partial charge is 0.326 e. The van der Waals surface area contributed by atoms with Crippen molar-refractivity contribution in [3.63, 3.8) is 0 Å². The van der Waals surface area contributed by atoms with E-state index in [1.807, 2.05) is 24.3 Å². The number of amides is 1.